The summed E-state index contributed by atoms with van der Waals surface area (Å²) in [6, 6.07) is 23.9. The van der Waals surface area contributed by atoms with Gasteiger partial charge in [0.05, 0.1) is 4.90 Å². The molecular weight excluding hydrogens is 488 g/mol. The molecule has 3 aromatic rings. The van der Waals surface area contributed by atoms with E-state index in [2.05, 4.69) is 10.5 Å². The van der Waals surface area contributed by atoms with Crippen LogP contribution in [0.15, 0.2) is 102 Å². The van der Waals surface area contributed by atoms with Gasteiger partial charge in [-0.2, -0.15) is 4.72 Å². The van der Waals surface area contributed by atoms with Crippen molar-refractivity contribution in [3.63, 3.8) is 0 Å². The maximum Gasteiger partial charge on any atom is 0.311 e. The summed E-state index contributed by atoms with van der Waals surface area (Å²) in [5.74, 6) is -0.0626. The van der Waals surface area contributed by atoms with E-state index in [1.165, 1.54) is 24.3 Å². The minimum Gasteiger partial charge on any atom is -0.427 e. The monoisotopic (exact) mass is 520 g/mol. The van der Waals surface area contributed by atoms with Crippen molar-refractivity contribution in [1.82, 2.24) is 14.5 Å². The van der Waals surface area contributed by atoms with Crippen molar-refractivity contribution in [1.29, 1.82) is 0 Å². The molecule has 1 heterocycles. The molecule has 3 aromatic carbocycles. The fraction of sp³-hybridized carbons (Fsp3) is 0.214. The standard InChI is InChI=1S/C28H31N4O4S/c1-31-19-20-32(21-31)18-8-13-26(33)36-24-14-16-25(17-15-24)37(34,35)30-28(23-11-6-3-7-12-23)27(29)22-9-4-2-5-10-22/h2-7,9-12,14-17,19-21,27-28,30H,8,13,18,29H2,1H3/p+1/t27-,28-/m0/s1. The molecule has 37 heavy (non-hydrogen) atoms. The van der Waals surface area contributed by atoms with Crippen molar-refractivity contribution in [3.05, 3.63) is 115 Å². The number of rotatable bonds is 11. The van der Waals surface area contributed by atoms with Gasteiger partial charge < -0.3 is 20.3 Å². The van der Waals surface area contributed by atoms with Crippen LogP contribution in [0.5, 0.6) is 5.75 Å². The van der Waals surface area contributed by atoms with Crippen LogP contribution in [0.2, 0.25) is 0 Å². The highest BCUT2D eigenvalue weighted by molar-refractivity contribution is 7.89. The first-order chi connectivity index (χ1) is 17.8. The molecule has 1 aliphatic heterocycles. The van der Waals surface area contributed by atoms with E-state index >= 15 is 0 Å². The van der Waals surface area contributed by atoms with Crippen LogP contribution >= 0.6 is 0 Å². The van der Waals surface area contributed by atoms with Gasteiger partial charge in [-0.25, -0.2) is 8.42 Å². The number of esters is 1. The normalized spacial score (nSPS) is 15.0. The Morgan fingerprint density at radius 3 is 2.14 bits per heavy atom. The summed E-state index contributed by atoms with van der Waals surface area (Å²) in [7, 11) is -1.95. The van der Waals surface area contributed by atoms with Crippen LogP contribution in [-0.4, -0.2) is 37.8 Å². The zero-order valence-electron chi connectivity index (χ0n) is 20.7. The third kappa shape index (κ3) is 7.19. The second-order valence-electron chi connectivity index (χ2n) is 8.89. The molecule has 0 aromatic heterocycles. The molecule has 193 valence electrons. The second kappa shape index (κ2) is 12.1. The highest BCUT2D eigenvalue weighted by atomic mass is 32.2. The zero-order valence-corrected chi connectivity index (χ0v) is 21.6. The number of nitrogens with zero attached hydrogens (tertiary/aromatic N) is 2. The van der Waals surface area contributed by atoms with Gasteiger partial charge in [-0.15, -0.1) is 0 Å². The Morgan fingerprint density at radius 2 is 1.54 bits per heavy atom. The molecule has 0 saturated carbocycles. The number of ether oxygens (including phenoxy) is 1. The highest BCUT2D eigenvalue weighted by Gasteiger charge is 2.30. The Bertz CT molecular complexity index is 1300. The summed E-state index contributed by atoms with van der Waals surface area (Å²) >= 11 is 0. The summed E-state index contributed by atoms with van der Waals surface area (Å²) in [5.41, 5.74) is 6.00. The van der Waals surface area contributed by atoms with Crippen molar-refractivity contribution in [3.8, 4) is 5.75 Å². The van der Waals surface area contributed by atoms with E-state index in [4.69, 9.17) is 4.74 Å². The van der Waals surface area contributed by atoms with E-state index in [1.807, 2.05) is 96.6 Å². The van der Waals surface area contributed by atoms with E-state index in [9.17, 15) is 13.2 Å². The predicted molar refractivity (Wildman–Crippen MR) is 141 cm³/mol. The van der Waals surface area contributed by atoms with Crippen molar-refractivity contribution >= 4 is 16.0 Å². The smallest absolute Gasteiger partial charge is 0.311 e. The molecule has 1 radical (unpaired) electrons. The van der Waals surface area contributed by atoms with Crippen molar-refractivity contribution in [2.45, 2.75) is 29.8 Å². The molecule has 0 spiro atoms. The molecule has 0 unspecified atom stereocenters. The molecule has 0 amide bonds. The summed E-state index contributed by atoms with van der Waals surface area (Å²) in [4.78, 5) is 16.2. The molecule has 0 fully saturated rings. The van der Waals surface area contributed by atoms with E-state index in [0.29, 0.717) is 18.7 Å². The van der Waals surface area contributed by atoms with Crippen LogP contribution < -0.4 is 15.2 Å². The SMILES string of the molecule is CN1[CH]N(CCCC(=O)Oc2ccc(S(=O)(=O)N[C@@H](c3ccccc3)[C@@H]([NH3+])c3ccccc3)cc2)C=C1. The zero-order chi connectivity index (χ0) is 26.3. The number of hydrogen-bond acceptors (Lipinski definition) is 6. The minimum atomic E-state index is -3.88. The van der Waals surface area contributed by atoms with E-state index in [0.717, 1.165) is 11.1 Å². The van der Waals surface area contributed by atoms with Crippen LogP contribution in [0.25, 0.3) is 0 Å². The molecule has 0 saturated heterocycles. The van der Waals surface area contributed by atoms with Gasteiger partial charge in [-0.1, -0.05) is 60.7 Å². The molecule has 0 bridgehead atoms. The first kappa shape index (κ1) is 26.4. The number of sulfonamides is 1. The van der Waals surface area contributed by atoms with Crippen LogP contribution in [-0.2, 0) is 14.8 Å². The molecule has 4 rings (SSSR count). The van der Waals surface area contributed by atoms with Gasteiger partial charge >= 0.3 is 5.97 Å². The van der Waals surface area contributed by atoms with Crippen LogP contribution in [0.3, 0.4) is 0 Å². The Morgan fingerprint density at radius 1 is 0.919 bits per heavy atom. The molecular formula is C28H32N4O4S+. The fourth-order valence-electron chi connectivity index (χ4n) is 4.08. The molecule has 9 heteroatoms. The largest absolute Gasteiger partial charge is 0.427 e. The second-order valence-corrected chi connectivity index (χ2v) is 10.6. The van der Waals surface area contributed by atoms with E-state index < -0.39 is 16.1 Å². The molecule has 2 atom stereocenters. The molecule has 4 N–H and O–H groups in total. The number of quaternary nitrogens is 1. The van der Waals surface area contributed by atoms with Crippen molar-refractivity contribution < 1.29 is 23.7 Å². The maximum atomic E-state index is 13.3. The van der Waals surface area contributed by atoms with Crippen molar-refractivity contribution in [2.24, 2.45) is 0 Å². The fourth-order valence-corrected chi connectivity index (χ4v) is 5.35. The highest BCUT2D eigenvalue weighted by Crippen LogP contribution is 2.28. The van der Waals surface area contributed by atoms with Crippen LogP contribution in [0, 0.1) is 6.67 Å². The van der Waals surface area contributed by atoms with Crippen LogP contribution in [0.1, 0.15) is 36.1 Å². The first-order valence-corrected chi connectivity index (χ1v) is 13.6. The van der Waals surface area contributed by atoms with Gasteiger partial charge in [0, 0.05) is 38.0 Å². The average Bonchev–Trinajstić information content (AvgIpc) is 3.33. The summed E-state index contributed by atoms with van der Waals surface area (Å²) in [6.45, 7) is 2.65. The van der Waals surface area contributed by atoms with Gasteiger partial charge in [0.1, 0.15) is 24.5 Å². The predicted octanol–water partition coefficient (Wildman–Crippen LogP) is 3.21. The first-order valence-electron chi connectivity index (χ1n) is 12.1. The summed E-state index contributed by atoms with van der Waals surface area (Å²) in [5, 5.41) is 0. The van der Waals surface area contributed by atoms with Crippen molar-refractivity contribution in [2.75, 3.05) is 13.6 Å². The average molecular weight is 521 g/mol. The van der Waals surface area contributed by atoms with E-state index in [-0.39, 0.29) is 23.3 Å². The Kier molecular flexibility index (Phi) is 8.60. The number of carbonyl (C=O) groups is 1. The third-order valence-electron chi connectivity index (χ3n) is 6.06. The summed E-state index contributed by atoms with van der Waals surface area (Å²) < 4.78 is 34.8. The lowest BCUT2D eigenvalue weighted by atomic mass is 9.95. The Balaban J connectivity index is 1.40. The number of hydrogen-bond donors (Lipinski definition) is 2. The third-order valence-corrected chi connectivity index (χ3v) is 7.51. The Labute approximate surface area is 218 Å². The molecule has 0 aliphatic carbocycles. The number of carbonyl (C=O) groups excluding carboxylic acids is 1. The van der Waals surface area contributed by atoms with Gasteiger partial charge in [0.25, 0.3) is 0 Å². The summed E-state index contributed by atoms with van der Waals surface area (Å²) in [6.07, 6.45) is 4.77. The lowest BCUT2D eigenvalue weighted by molar-refractivity contribution is -0.433. The maximum absolute atomic E-state index is 13.3. The van der Waals surface area contributed by atoms with Gasteiger partial charge in [0.15, 0.2) is 0 Å². The minimum absolute atomic E-state index is 0.0777. The number of nitrogens with one attached hydrogen (secondary N) is 1. The van der Waals surface area contributed by atoms with E-state index in [1.54, 1.807) is 0 Å². The number of benzene rings is 3. The lowest BCUT2D eigenvalue weighted by Crippen LogP contribution is -2.59. The quantitative estimate of drug-likeness (QED) is 0.297. The lowest BCUT2D eigenvalue weighted by Gasteiger charge is -2.23. The van der Waals surface area contributed by atoms with Gasteiger partial charge in [-0.05, 0) is 36.2 Å². The topological polar surface area (TPSA) is 107 Å². The molecule has 8 nitrogen and oxygen atoms in total. The van der Waals surface area contributed by atoms with Gasteiger partial charge in [-0.3, -0.25) is 4.79 Å². The Hall–Kier alpha value is -3.66. The van der Waals surface area contributed by atoms with Crippen LogP contribution in [0.4, 0.5) is 0 Å². The molecule has 1 aliphatic rings. The van der Waals surface area contributed by atoms with Gasteiger partial charge in [0.2, 0.25) is 10.0 Å².